The van der Waals surface area contributed by atoms with Gasteiger partial charge in [-0.2, -0.15) is 0 Å². The number of aliphatic hydroxyl groups is 3. The third-order valence-electron chi connectivity index (χ3n) is 4.23. The topological polar surface area (TPSA) is 89.8 Å². The van der Waals surface area contributed by atoms with Crippen LogP contribution in [-0.2, 0) is 11.3 Å². The standard InChI is InChI=1S/C20H35NO.2CH4O.CH2O/c1-3-5-7-8-9-10-11-20(22)19-14-12-18(13-15-19)17-21-16-6-4-2;3*1-2/h12-15,20-22H,3-11,16-17H2,1-2H3;2*2H,1H3;1H2. The fourth-order valence-electron chi connectivity index (χ4n) is 2.68. The maximum Gasteiger partial charge on any atom is 0.106 e. The molecule has 1 unspecified atom stereocenters. The fourth-order valence-corrected chi connectivity index (χ4v) is 2.68. The molecule has 166 valence electrons. The second-order valence-corrected chi connectivity index (χ2v) is 6.34. The van der Waals surface area contributed by atoms with Crippen molar-refractivity contribution in [3.8, 4) is 0 Å². The van der Waals surface area contributed by atoms with Crippen LogP contribution in [0.15, 0.2) is 24.3 Å². The monoisotopic (exact) mass is 399 g/mol. The Morgan fingerprint density at radius 3 is 1.86 bits per heavy atom. The van der Waals surface area contributed by atoms with E-state index >= 15 is 0 Å². The van der Waals surface area contributed by atoms with Crippen LogP contribution >= 0.6 is 0 Å². The predicted molar refractivity (Wildman–Crippen MR) is 119 cm³/mol. The van der Waals surface area contributed by atoms with Crippen molar-refractivity contribution in [2.45, 2.75) is 84.3 Å². The lowest BCUT2D eigenvalue weighted by Gasteiger charge is -2.12. The van der Waals surface area contributed by atoms with Gasteiger partial charge in [-0.1, -0.05) is 83.1 Å². The van der Waals surface area contributed by atoms with Crippen LogP contribution in [-0.4, -0.2) is 42.9 Å². The third kappa shape index (κ3) is 19.5. The summed E-state index contributed by atoms with van der Waals surface area (Å²) >= 11 is 0. The number of unbranched alkanes of at least 4 members (excludes halogenated alkanes) is 6. The van der Waals surface area contributed by atoms with E-state index in [0.717, 1.165) is 45.7 Å². The van der Waals surface area contributed by atoms with Crippen LogP contribution in [0, 0.1) is 0 Å². The smallest absolute Gasteiger partial charge is 0.106 e. The number of hydrogen-bond acceptors (Lipinski definition) is 5. The molecule has 0 aliphatic heterocycles. The predicted octanol–water partition coefficient (Wildman–Crippen LogP) is 4.39. The van der Waals surface area contributed by atoms with Crippen LogP contribution < -0.4 is 5.32 Å². The number of nitrogens with one attached hydrogen (secondary N) is 1. The van der Waals surface area contributed by atoms with Gasteiger partial charge >= 0.3 is 0 Å². The zero-order chi connectivity index (χ0) is 22.0. The lowest BCUT2D eigenvalue weighted by Crippen LogP contribution is -2.14. The molecule has 0 aliphatic rings. The molecule has 0 saturated carbocycles. The number of carbonyl (C=O) groups excluding carboxylic acids is 1. The number of carbonyl (C=O) groups is 1. The van der Waals surface area contributed by atoms with E-state index in [0.29, 0.717) is 0 Å². The largest absolute Gasteiger partial charge is 0.400 e. The van der Waals surface area contributed by atoms with Gasteiger partial charge in [-0.3, -0.25) is 0 Å². The van der Waals surface area contributed by atoms with E-state index < -0.39 is 0 Å². The zero-order valence-electron chi connectivity index (χ0n) is 18.6. The molecule has 5 heteroatoms. The van der Waals surface area contributed by atoms with Crippen molar-refractivity contribution >= 4 is 6.79 Å². The molecule has 0 bridgehead atoms. The van der Waals surface area contributed by atoms with Crippen LogP contribution in [0.5, 0.6) is 0 Å². The summed E-state index contributed by atoms with van der Waals surface area (Å²) in [6, 6.07) is 8.44. The summed E-state index contributed by atoms with van der Waals surface area (Å²) in [4.78, 5) is 8.00. The Kier molecular flexibility index (Phi) is 31.4. The average Bonchev–Trinajstić information content (AvgIpc) is 2.78. The summed E-state index contributed by atoms with van der Waals surface area (Å²) in [5.41, 5.74) is 2.36. The molecule has 1 aromatic rings. The van der Waals surface area contributed by atoms with Gasteiger partial charge < -0.3 is 25.4 Å². The maximum absolute atomic E-state index is 10.2. The molecule has 0 heterocycles. The van der Waals surface area contributed by atoms with Gasteiger partial charge in [-0.25, -0.2) is 0 Å². The Labute approximate surface area is 173 Å². The van der Waals surface area contributed by atoms with Gasteiger partial charge in [0.05, 0.1) is 6.10 Å². The van der Waals surface area contributed by atoms with Crippen LogP contribution in [0.2, 0.25) is 0 Å². The fraction of sp³-hybridized carbons (Fsp3) is 0.696. The second-order valence-electron chi connectivity index (χ2n) is 6.34. The normalized spacial score (nSPS) is 10.4. The van der Waals surface area contributed by atoms with Crippen LogP contribution in [0.4, 0.5) is 0 Å². The quantitative estimate of drug-likeness (QED) is 0.369. The van der Waals surface area contributed by atoms with Crippen molar-refractivity contribution in [2.24, 2.45) is 0 Å². The minimum absolute atomic E-state index is 0.298. The molecule has 0 fully saturated rings. The first-order chi connectivity index (χ1) is 13.8. The minimum Gasteiger partial charge on any atom is -0.400 e. The number of rotatable bonds is 13. The number of benzene rings is 1. The van der Waals surface area contributed by atoms with Gasteiger partial charge in [0.25, 0.3) is 0 Å². The van der Waals surface area contributed by atoms with Crippen LogP contribution in [0.25, 0.3) is 0 Å². The third-order valence-corrected chi connectivity index (χ3v) is 4.23. The van der Waals surface area contributed by atoms with Gasteiger partial charge in [-0.15, -0.1) is 0 Å². The van der Waals surface area contributed by atoms with Gasteiger partial charge in [0.2, 0.25) is 0 Å². The lowest BCUT2D eigenvalue weighted by molar-refractivity contribution is -0.0980. The van der Waals surface area contributed by atoms with Gasteiger partial charge in [0, 0.05) is 20.8 Å². The minimum atomic E-state index is -0.298. The lowest BCUT2D eigenvalue weighted by atomic mass is 10.0. The van der Waals surface area contributed by atoms with E-state index in [9.17, 15) is 5.11 Å². The Balaban J connectivity index is -0.000000946. The molecule has 28 heavy (non-hydrogen) atoms. The number of aliphatic hydroxyl groups excluding tert-OH is 3. The summed E-state index contributed by atoms with van der Waals surface area (Å²) in [6.45, 7) is 8.46. The Hall–Kier alpha value is -1.27. The molecule has 0 aromatic heterocycles. The summed E-state index contributed by atoms with van der Waals surface area (Å²) in [5.74, 6) is 0. The van der Waals surface area contributed by atoms with E-state index in [-0.39, 0.29) is 6.10 Å². The zero-order valence-corrected chi connectivity index (χ0v) is 18.6. The van der Waals surface area contributed by atoms with Crippen molar-refractivity contribution in [3.05, 3.63) is 35.4 Å². The Bertz CT molecular complexity index is 385. The van der Waals surface area contributed by atoms with Crippen LogP contribution in [0.1, 0.15) is 88.9 Å². The number of hydrogen-bond donors (Lipinski definition) is 4. The highest BCUT2D eigenvalue weighted by Crippen LogP contribution is 2.20. The van der Waals surface area contributed by atoms with E-state index in [2.05, 4.69) is 43.4 Å². The molecule has 0 radical (unpaired) electrons. The summed E-state index contributed by atoms with van der Waals surface area (Å²) in [7, 11) is 2.00. The average molecular weight is 400 g/mol. The highest BCUT2D eigenvalue weighted by molar-refractivity contribution is 5.24. The van der Waals surface area contributed by atoms with E-state index in [1.165, 1.54) is 50.5 Å². The molecule has 1 atom stereocenters. The summed E-state index contributed by atoms with van der Waals surface area (Å²) in [6.07, 6.45) is 10.7. The molecule has 0 saturated heterocycles. The van der Waals surface area contributed by atoms with Crippen molar-refractivity contribution in [1.29, 1.82) is 0 Å². The van der Waals surface area contributed by atoms with Crippen LogP contribution in [0.3, 0.4) is 0 Å². The van der Waals surface area contributed by atoms with Crippen molar-refractivity contribution in [3.63, 3.8) is 0 Å². The molecule has 5 nitrogen and oxygen atoms in total. The van der Waals surface area contributed by atoms with E-state index in [1.807, 2.05) is 6.79 Å². The molecular formula is C23H45NO4. The first kappa shape index (κ1) is 31.4. The summed E-state index contributed by atoms with van der Waals surface area (Å²) in [5, 5.41) is 27.7. The van der Waals surface area contributed by atoms with Crippen molar-refractivity contribution in [2.75, 3.05) is 20.8 Å². The van der Waals surface area contributed by atoms with E-state index in [1.54, 1.807) is 0 Å². The molecule has 1 rings (SSSR count). The highest BCUT2D eigenvalue weighted by Gasteiger charge is 2.07. The summed E-state index contributed by atoms with van der Waals surface area (Å²) < 4.78 is 0. The molecule has 1 aromatic carbocycles. The molecule has 0 spiro atoms. The van der Waals surface area contributed by atoms with Crippen molar-refractivity contribution < 1.29 is 20.1 Å². The highest BCUT2D eigenvalue weighted by atomic mass is 16.3. The molecule has 0 aliphatic carbocycles. The molecule has 4 N–H and O–H groups in total. The SMILES string of the molecule is C=O.CCCCCCCCC(O)c1ccc(CNCCCC)cc1.CO.CO. The molecule has 0 amide bonds. The second kappa shape index (κ2) is 27.9. The first-order valence-corrected chi connectivity index (χ1v) is 10.4. The maximum atomic E-state index is 10.2. The van der Waals surface area contributed by atoms with Crippen molar-refractivity contribution in [1.82, 2.24) is 5.32 Å². The molecular weight excluding hydrogens is 354 g/mol. The van der Waals surface area contributed by atoms with Gasteiger partial charge in [-0.05, 0) is 30.5 Å². The Morgan fingerprint density at radius 2 is 1.32 bits per heavy atom. The van der Waals surface area contributed by atoms with Gasteiger partial charge in [0.15, 0.2) is 0 Å². The van der Waals surface area contributed by atoms with Gasteiger partial charge in [0.1, 0.15) is 6.79 Å². The first-order valence-electron chi connectivity index (χ1n) is 10.4. The Morgan fingerprint density at radius 1 is 0.821 bits per heavy atom. The van der Waals surface area contributed by atoms with E-state index in [4.69, 9.17) is 15.0 Å².